The fraction of sp³-hybridized carbons (Fsp3) is 0.600. The summed E-state index contributed by atoms with van der Waals surface area (Å²) in [6.45, 7) is 6.28. The molecule has 0 rings (SSSR count). The molecule has 0 spiro atoms. The van der Waals surface area contributed by atoms with E-state index in [1.54, 1.807) is 0 Å². The summed E-state index contributed by atoms with van der Waals surface area (Å²) in [6, 6.07) is 0. The van der Waals surface area contributed by atoms with Crippen LogP contribution < -0.4 is 0 Å². The van der Waals surface area contributed by atoms with Gasteiger partial charge in [0.1, 0.15) is 0 Å². The van der Waals surface area contributed by atoms with E-state index in [1.165, 1.54) is 5.57 Å². The average Bonchev–Trinajstić information content (AvgIpc) is 2.03. The molecule has 0 bridgehead atoms. The third-order valence-corrected chi connectivity index (χ3v) is 1.89. The van der Waals surface area contributed by atoms with Gasteiger partial charge >= 0.3 is 0 Å². The SMILES string of the molecule is C/C=C\CCC(C)=C(C)CO. The van der Waals surface area contributed by atoms with E-state index in [2.05, 4.69) is 19.1 Å². The fourth-order valence-electron chi connectivity index (χ4n) is 0.815. The van der Waals surface area contributed by atoms with Crippen LogP contribution in [0.2, 0.25) is 0 Å². The number of hydrogen-bond donors (Lipinski definition) is 1. The number of allylic oxidation sites excluding steroid dienone is 3. The maximum Gasteiger partial charge on any atom is 0.0641 e. The van der Waals surface area contributed by atoms with Gasteiger partial charge in [0.05, 0.1) is 6.61 Å². The van der Waals surface area contributed by atoms with E-state index in [-0.39, 0.29) is 6.61 Å². The molecule has 0 aromatic carbocycles. The first kappa shape index (κ1) is 10.4. The third kappa shape index (κ3) is 4.79. The summed E-state index contributed by atoms with van der Waals surface area (Å²) in [7, 11) is 0. The smallest absolute Gasteiger partial charge is 0.0641 e. The Labute approximate surface area is 69.4 Å². The van der Waals surface area contributed by atoms with Gasteiger partial charge in [-0.1, -0.05) is 17.7 Å². The number of rotatable bonds is 4. The van der Waals surface area contributed by atoms with Crippen molar-refractivity contribution in [3.05, 3.63) is 23.3 Å². The molecule has 0 amide bonds. The minimum atomic E-state index is 0.196. The molecule has 0 radical (unpaired) electrons. The predicted molar refractivity (Wildman–Crippen MR) is 49.5 cm³/mol. The van der Waals surface area contributed by atoms with Crippen LogP contribution in [-0.4, -0.2) is 11.7 Å². The van der Waals surface area contributed by atoms with Crippen molar-refractivity contribution in [2.24, 2.45) is 0 Å². The summed E-state index contributed by atoms with van der Waals surface area (Å²) >= 11 is 0. The highest BCUT2D eigenvalue weighted by Gasteiger charge is 1.93. The standard InChI is InChI=1S/C10H18O/c1-4-5-6-7-9(2)10(3)8-11/h4-5,11H,6-8H2,1-3H3/b5-4-,10-9?. The van der Waals surface area contributed by atoms with Gasteiger partial charge in [0.2, 0.25) is 0 Å². The minimum absolute atomic E-state index is 0.196. The van der Waals surface area contributed by atoms with Gasteiger partial charge in [-0.05, 0) is 39.2 Å². The number of aliphatic hydroxyl groups excluding tert-OH is 1. The normalized spacial score (nSPS) is 13.8. The molecule has 0 aromatic heterocycles. The quantitative estimate of drug-likeness (QED) is 0.617. The Hall–Kier alpha value is -0.560. The second-order valence-corrected chi connectivity index (χ2v) is 2.83. The van der Waals surface area contributed by atoms with Gasteiger partial charge in [0, 0.05) is 0 Å². The molecule has 0 atom stereocenters. The van der Waals surface area contributed by atoms with Crippen LogP contribution in [0.3, 0.4) is 0 Å². The Morgan fingerprint density at radius 1 is 1.27 bits per heavy atom. The van der Waals surface area contributed by atoms with E-state index >= 15 is 0 Å². The minimum Gasteiger partial charge on any atom is -0.392 e. The molecule has 0 saturated heterocycles. The molecule has 1 N–H and O–H groups in total. The first-order valence-corrected chi connectivity index (χ1v) is 4.09. The van der Waals surface area contributed by atoms with Crippen LogP contribution in [-0.2, 0) is 0 Å². The van der Waals surface area contributed by atoms with Crippen molar-refractivity contribution in [1.82, 2.24) is 0 Å². The fourth-order valence-corrected chi connectivity index (χ4v) is 0.815. The molecule has 0 aromatic rings. The average molecular weight is 154 g/mol. The van der Waals surface area contributed by atoms with Crippen LogP contribution in [0, 0.1) is 0 Å². The zero-order valence-corrected chi connectivity index (χ0v) is 7.72. The lowest BCUT2D eigenvalue weighted by Crippen LogP contribution is -1.89. The van der Waals surface area contributed by atoms with Gasteiger partial charge < -0.3 is 5.11 Å². The van der Waals surface area contributed by atoms with Gasteiger partial charge in [0.25, 0.3) is 0 Å². The highest BCUT2D eigenvalue weighted by molar-refractivity contribution is 5.10. The van der Waals surface area contributed by atoms with E-state index < -0.39 is 0 Å². The zero-order chi connectivity index (χ0) is 8.69. The van der Waals surface area contributed by atoms with Crippen LogP contribution >= 0.6 is 0 Å². The van der Waals surface area contributed by atoms with Crippen molar-refractivity contribution >= 4 is 0 Å². The van der Waals surface area contributed by atoms with Gasteiger partial charge in [-0.25, -0.2) is 0 Å². The van der Waals surface area contributed by atoms with Crippen LogP contribution in [0.1, 0.15) is 33.6 Å². The molecular weight excluding hydrogens is 136 g/mol. The van der Waals surface area contributed by atoms with Crippen molar-refractivity contribution in [2.75, 3.05) is 6.61 Å². The molecule has 64 valence electrons. The molecule has 0 aliphatic heterocycles. The lowest BCUT2D eigenvalue weighted by molar-refractivity contribution is 0.329. The number of hydrogen-bond acceptors (Lipinski definition) is 1. The van der Waals surface area contributed by atoms with Crippen molar-refractivity contribution in [2.45, 2.75) is 33.6 Å². The Bertz CT molecular complexity index is 154. The lowest BCUT2D eigenvalue weighted by Gasteiger charge is -2.02. The summed E-state index contributed by atoms with van der Waals surface area (Å²) in [5.74, 6) is 0. The van der Waals surface area contributed by atoms with Gasteiger partial charge in [-0.2, -0.15) is 0 Å². The van der Waals surface area contributed by atoms with Crippen LogP contribution in [0.4, 0.5) is 0 Å². The van der Waals surface area contributed by atoms with E-state index in [1.807, 2.05) is 13.8 Å². The molecule has 1 nitrogen and oxygen atoms in total. The summed E-state index contributed by atoms with van der Waals surface area (Å²) in [4.78, 5) is 0. The first-order valence-electron chi connectivity index (χ1n) is 4.09. The summed E-state index contributed by atoms with van der Waals surface area (Å²) in [6.07, 6.45) is 6.35. The predicted octanol–water partition coefficient (Wildman–Crippen LogP) is 2.67. The Morgan fingerprint density at radius 3 is 2.36 bits per heavy atom. The summed E-state index contributed by atoms with van der Waals surface area (Å²) in [5, 5.41) is 8.79. The van der Waals surface area contributed by atoms with Crippen molar-refractivity contribution in [3.63, 3.8) is 0 Å². The zero-order valence-electron chi connectivity index (χ0n) is 7.72. The van der Waals surface area contributed by atoms with Crippen LogP contribution in [0.15, 0.2) is 23.3 Å². The molecular formula is C10H18O. The maximum absolute atomic E-state index is 8.79. The Balaban J connectivity index is 3.76. The topological polar surface area (TPSA) is 20.2 Å². The molecule has 0 saturated carbocycles. The van der Waals surface area contributed by atoms with E-state index in [0.29, 0.717) is 0 Å². The van der Waals surface area contributed by atoms with Crippen LogP contribution in [0.25, 0.3) is 0 Å². The number of aliphatic hydroxyl groups is 1. The van der Waals surface area contributed by atoms with Crippen molar-refractivity contribution < 1.29 is 5.11 Å². The van der Waals surface area contributed by atoms with Crippen LogP contribution in [0.5, 0.6) is 0 Å². The second-order valence-electron chi connectivity index (χ2n) is 2.83. The summed E-state index contributed by atoms with van der Waals surface area (Å²) < 4.78 is 0. The monoisotopic (exact) mass is 154 g/mol. The highest BCUT2D eigenvalue weighted by atomic mass is 16.3. The van der Waals surface area contributed by atoms with E-state index in [4.69, 9.17) is 5.11 Å². The van der Waals surface area contributed by atoms with Crippen molar-refractivity contribution in [1.29, 1.82) is 0 Å². The lowest BCUT2D eigenvalue weighted by atomic mass is 10.1. The molecule has 0 fully saturated rings. The van der Waals surface area contributed by atoms with Crippen molar-refractivity contribution in [3.8, 4) is 0 Å². The van der Waals surface area contributed by atoms with Gasteiger partial charge in [0.15, 0.2) is 0 Å². The molecule has 11 heavy (non-hydrogen) atoms. The molecule has 0 heterocycles. The molecule has 1 heteroatoms. The second kappa shape index (κ2) is 6.17. The van der Waals surface area contributed by atoms with E-state index in [9.17, 15) is 0 Å². The molecule has 0 aliphatic carbocycles. The largest absolute Gasteiger partial charge is 0.392 e. The van der Waals surface area contributed by atoms with Gasteiger partial charge in [-0.3, -0.25) is 0 Å². The highest BCUT2D eigenvalue weighted by Crippen LogP contribution is 2.09. The first-order chi connectivity index (χ1) is 5.22. The summed E-state index contributed by atoms with van der Waals surface area (Å²) in [5.41, 5.74) is 2.42. The van der Waals surface area contributed by atoms with Gasteiger partial charge in [-0.15, -0.1) is 0 Å². The molecule has 0 aliphatic rings. The third-order valence-electron chi connectivity index (χ3n) is 1.89. The Kier molecular flexibility index (Phi) is 5.86. The maximum atomic E-state index is 8.79. The molecule has 0 unspecified atom stereocenters. The Morgan fingerprint density at radius 2 is 1.91 bits per heavy atom. The van der Waals surface area contributed by atoms with E-state index in [0.717, 1.165) is 18.4 Å².